The summed E-state index contributed by atoms with van der Waals surface area (Å²) in [5, 5.41) is 10.9. The molecule has 5 heteroatoms. The highest BCUT2D eigenvalue weighted by atomic mass is 35.5. The van der Waals surface area contributed by atoms with Crippen molar-refractivity contribution in [2.75, 3.05) is 12.4 Å². The van der Waals surface area contributed by atoms with E-state index in [9.17, 15) is 4.79 Å². The zero-order chi connectivity index (χ0) is 13.4. The molecule has 2 heterocycles. The molecule has 0 fully saturated rings. The van der Waals surface area contributed by atoms with Gasteiger partial charge in [-0.15, -0.1) is 0 Å². The summed E-state index contributed by atoms with van der Waals surface area (Å²) in [6, 6.07) is 6.00. The van der Waals surface area contributed by atoms with Gasteiger partial charge >= 0.3 is 0 Å². The van der Waals surface area contributed by atoms with E-state index in [0.29, 0.717) is 11.4 Å². The highest BCUT2D eigenvalue weighted by Gasteiger charge is 2.23. The van der Waals surface area contributed by atoms with Gasteiger partial charge in [-0.2, -0.15) is 11.3 Å². The molecular weight excluding hydrogens is 280 g/mol. The Hall–Kier alpha value is -1.36. The maximum absolute atomic E-state index is 11.4. The van der Waals surface area contributed by atoms with Crippen molar-refractivity contribution in [3.8, 4) is 0 Å². The molecule has 0 radical (unpaired) electrons. The van der Waals surface area contributed by atoms with Gasteiger partial charge < -0.3 is 10.6 Å². The van der Waals surface area contributed by atoms with Crippen LogP contribution in [0.15, 0.2) is 29.0 Å². The maximum Gasteiger partial charge on any atom is 0.228 e. The third-order valence-corrected chi connectivity index (χ3v) is 4.35. The summed E-state index contributed by atoms with van der Waals surface area (Å²) in [4.78, 5) is 11.4. The van der Waals surface area contributed by atoms with E-state index < -0.39 is 0 Å². The standard InChI is InChI=1S/C14H13ClN2OS/c1-16-14(8-2-3-19-7-8)10-4-9-5-13(18)17-12(9)6-11(10)15/h2-4,6-7,14,16H,5H2,1H3,(H,17,18). The van der Waals surface area contributed by atoms with Gasteiger partial charge in [0.25, 0.3) is 0 Å². The average Bonchev–Trinajstić information content (AvgIpc) is 2.99. The SMILES string of the molecule is CNC(c1ccsc1)c1cc2c(cc1Cl)NC(=O)C2. The van der Waals surface area contributed by atoms with Crippen LogP contribution in [0.1, 0.15) is 22.7 Å². The molecule has 1 atom stereocenters. The molecule has 2 aromatic rings. The minimum atomic E-state index is 0.0276. The molecule has 3 rings (SSSR count). The van der Waals surface area contributed by atoms with Gasteiger partial charge in [0.15, 0.2) is 0 Å². The smallest absolute Gasteiger partial charge is 0.228 e. The van der Waals surface area contributed by atoms with E-state index in [1.54, 1.807) is 11.3 Å². The molecular formula is C14H13ClN2OS. The Kier molecular flexibility index (Phi) is 3.31. The van der Waals surface area contributed by atoms with E-state index in [1.165, 1.54) is 5.56 Å². The summed E-state index contributed by atoms with van der Waals surface area (Å²) in [5.74, 6) is 0.0276. The Balaban J connectivity index is 2.05. The molecule has 98 valence electrons. The van der Waals surface area contributed by atoms with Crippen molar-refractivity contribution < 1.29 is 4.79 Å². The third-order valence-electron chi connectivity index (χ3n) is 3.32. The molecule has 1 unspecified atom stereocenters. The molecule has 0 spiro atoms. The van der Waals surface area contributed by atoms with Crippen LogP contribution in [0, 0.1) is 0 Å². The van der Waals surface area contributed by atoms with Gasteiger partial charge in [-0.05, 0) is 52.7 Å². The third kappa shape index (κ3) is 2.27. The molecule has 3 nitrogen and oxygen atoms in total. The predicted molar refractivity (Wildman–Crippen MR) is 79.0 cm³/mol. The average molecular weight is 293 g/mol. The zero-order valence-corrected chi connectivity index (χ0v) is 11.9. The van der Waals surface area contributed by atoms with Gasteiger partial charge in [0.1, 0.15) is 0 Å². The first kappa shape index (κ1) is 12.7. The van der Waals surface area contributed by atoms with Crippen LogP contribution in [0.25, 0.3) is 0 Å². The zero-order valence-electron chi connectivity index (χ0n) is 10.4. The summed E-state index contributed by atoms with van der Waals surface area (Å²) in [6.45, 7) is 0. The van der Waals surface area contributed by atoms with Crippen LogP contribution < -0.4 is 10.6 Å². The van der Waals surface area contributed by atoms with Crippen LogP contribution in [0.3, 0.4) is 0 Å². The van der Waals surface area contributed by atoms with Gasteiger partial charge in [-0.3, -0.25) is 4.79 Å². The number of nitrogens with one attached hydrogen (secondary N) is 2. The summed E-state index contributed by atoms with van der Waals surface area (Å²) in [7, 11) is 1.91. The lowest BCUT2D eigenvalue weighted by Gasteiger charge is -2.18. The van der Waals surface area contributed by atoms with Crippen molar-refractivity contribution in [3.05, 3.63) is 50.7 Å². The highest BCUT2D eigenvalue weighted by Crippen LogP contribution is 2.35. The number of fused-ring (bicyclic) bond motifs is 1. The molecule has 1 aliphatic rings. The Morgan fingerprint density at radius 3 is 3.00 bits per heavy atom. The molecule has 0 bridgehead atoms. The van der Waals surface area contributed by atoms with Crippen molar-refractivity contribution in [3.63, 3.8) is 0 Å². The monoisotopic (exact) mass is 292 g/mol. The van der Waals surface area contributed by atoms with Gasteiger partial charge in [-0.25, -0.2) is 0 Å². The van der Waals surface area contributed by atoms with Crippen molar-refractivity contribution in [1.29, 1.82) is 0 Å². The summed E-state index contributed by atoms with van der Waals surface area (Å²) < 4.78 is 0. The number of anilines is 1. The number of thiophene rings is 1. The lowest BCUT2D eigenvalue weighted by Crippen LogP contribution is -2.17. The highest BCUT2D eigenvalue weighted by molar-refractivity contribution is 7.08. The van der Waals surface area contributed by atoms with Gasteiger partial charge in [0.2, 0.25) is 5.91 Å². The number of hydrogen-bond donors (Lipinski definition) is 2. The molecule has 2 N–H and O–H groups in total. The minimum absolute atomic E-state index is 0.0276. The number of hydrogen-bond acceptors (Lipinski definition) is 3. The topological polar surface area (TPSA) is 41.1 Å². The lowest BCUT2D eigenvalue weighted by atomic mass is 9.98. The molecule has 1 aromatic heterocycles. The molecule has 0 aliphatic carbocycles. The van der Waals surface area contributed by atoms with E-state index in [1.807, 2.05) is 24.6 Å². The molecule has 1 aliphatic heterocycles. The Morgan fingerprint density at radius 2 is 2.32 bits per heavy atom. The van der Waals surface area contributed by atoms with E-state index in [-0.39, 0.29) is 11.9 Å². The van der Waals surface area contributed by atoms with Crippen LogP contribution in [0.5, 0.6) is 0 Å². The first-order valence-corrected chi connectivity index (χ1v) is 7.32. The first-order valence-electron chi connectivity index (χ1n) is 6.00. The Morgan fingerprint density at radius 1 is 1.47 bits per heavy atom. The second-order valence-electron chi connectivity index (χ2n) is 4.53. The van der Waals surface area contributed by atoms with Crippen molar-refractivity contribution in [1.82, 2.24) is 5.32 Å². The normalized spacial score (nSPS) is 15.2. The van der Waals surface area contributed by atoms with Crippen LogP contribution in [0.4, 0.5) is 5.69 Å². The first-order chi connectivity index (χ1) is 9.19. The van der Waals surface area contributed by atoms with Crippen LogP contribution >= 0.6 is 22.9 Å². The Labute approximate surface area is 120 Å². The van der Waals surface area contributed by atoms with Crippen LogP contribution in [0.2, 0.25) is 5.02 Å². The molecule has 1 amide bonds. The molecule has 19 heavy (non-hydrogen) atoms. The van der Waals surface area contributed by atoms with Crippen molar-refractivity contribution in [2.24, 2.45) is 0 Å². The number of carbonyl (C=O) groups is 1. The number of carbonyl (C=O) groups excluding carboxylic acids is 1. The van der Waals surface area contributed by atoms with E-state index in [2.05, 4.69) is 22.1 Å². The fraction of sp³-hybridized carbons (Fsp3) is 0.214. The fourth-order valence-electron chi connectivity index (χ4n) is 2.43. The summed E-state index contributed by atoms with van der Waals surface area (Å²) in [6.07, 6.45) is 0.430. The van der Waals surface area contributed by atoms with E-state index in [0.717, 1.165) is 16.8 Å². The second kappa shape index (κ2) is 4.96. The van der Waals surface area contributed by atoms with Gasteiger partial charge in [0.05, 0.1) is 12.5 Å². The van der Waals surface area contributed by atoms with Crippen LogP contribution in [-0.4, -0.2) is 13.0 Å². The maximum atomic E-state index is 11.4. The largest absolute Gasteiger partial charge is 0.325 e. The Bertz CT molecular complexity index is 625. The van der Waals surface area contributed by atoms with E-state index >= 15 is 0 Å². The number of benzene rings is 1. The molecule has 0 saturated carbocycles. The predicted octanol–water partition coefficient (Wildman–Crippen LogP) is 3.20. The molecule has 0 saturated heterocycles. The quantitative estimate of drug-likeness (QED) is 0.912. The number of halogens is 1. The number of rotatable bonds is 3. The minimum Gasteiger partial charge on any atom is -0.325 e. The van der Waals surface area contributed by atoms with Gasteiger partial charge in [-0.1, -0.05) is 11.6 Å². The van der Waals surface area contributed by atoms with Crippen molar-refractivity contribution >= 4 is 34.5 Å². The van der Waals surface area contributed by atoms with Crippen LogP contribution in [-0.2, 0) is 11.2 Å². The van der Waals surface area contributed by atoms with Gasteiger partial charge in [0, 0.05) is 10.7 Å². The second-order valence-corrected chi connectivity index (χ2v) is 5.72. The summed E-state index contributed by atoms with van der Waals surface area (Å²) in [5.41, 5.74) is 4.04. The van der Waals surface area contributed by atoms with E-state index in [4.69, 9.17) is 11.6 Å². The summed E-state index contributed by atoms with van der Waals surface area (Å²) >= 11 is 8.02. The lowest BCUT2D eigenvalue weighted by molar-refractivity contribution is -0.115. The molecule has 1 aromatic carbocycles. The van der Waals surface area contributed by atoms with Crippen molar-refractivity contribution in [2.45, 2.75) is 12.5 Å². The number of amides is 1. The fourth-order valence-corrected chi connectivity index (χ4v) is 3.39.